The number of alkyl carbamates (subject to hydrolysis) is 2. The molecule has 0 aromatic heterocycles. The molecule has 0 saturated heterocycles. The second kappa shape index (κ2) is 49.2. The number of carbonyl (C=O) groups is 12. The minimum Gasteiger partial charge on any atom is -0.460 e. The lowest BCUT2D eigenvalue weighted by molar-refractivity contribution is -0.167. The third kappa shape index (κ3) is 42.2. The molecule has 0 aliphatic heterocycles. The maximum absolute atomic E-state index is 16.0. The van der Waals surface area contributed by atoms with E-state index in [-0.39, 0.29) is 53.7 Å². The quantitative estimate of drug-likeness (QED) is 0.00717. The highest BCUT2D eigenvalue weighted by atomic mass is 32.2. The molecule has 6 aromatic rings. The summed E-state index contributed by atoms with van der Waals surface area (Å²) >= 11 is 0. The second-order valence-corrected chi connectivity index (χ2v) is 42.5. The molecule has 2 atom stereocenters. The number of nitrogens with zero attached hydrogens (tertiary/aromatic N) is 6. The number of amides is 6. The largest absolute Gasteiger partial charge is 0.460 e. The van der Waals surface area contributed by atoms with Gasteiger partial charge in [0.1, 0.15) is 81.6 Å². The number of rotatable bonds is 35. The Morgan fingerprint density at radius 3 is 0.935 bits per heavy atom. The molecule has 0 aliphatic rings. The summed E-state index contributed by atoms with van der Waals surface area (Å²) in [4.78, 5) is 174. The van der Waals surface area contributed by atoms with Crippen LogP contribution in [0.25, 0.3) is 0 Å². The van der Waals surface area contributed by atoms with Crippen molar-refractivity contribution in [2.24, 2.45) is 9.98 Å². The van der Waals surface area contributed by atoms with Crippen molar-refractivity contribution in [3.05, 3.63) is 191 Å². The van der Waals surface area contributed by atoms with E-state index in [2.05, 4.69) is 31.3 Å². The lowest BCUT2D eigenvalue weighted by Crippen LogP contribution is -2.55. The van der Waals surface area contributed by atoms with Crippen LogP contribution in [0.1, 0.15) is 222 Å². The summed E-state index contributed by atoms with van der Waals surface area (Å²) in [5.74, 6) is -7.78. The Morgan fingerprint density at radius 1 is 0.341 bits per heavy atom. The van der Waals surface area contributed by atoms with E-state index in [0.717, 1.165) is 0 Å². The van der Waals surface area contributed by atoms with E-state index in [1.54, 1.807) is 144 Å². The van der Waals surface area contributed by atoms with Crippen molar-refractivity contribution >= 4 is 116 Å². The SMILES string of the molecule is CC(C)(C)OC(=O)C[C@@H](C(=O)OC(C)(C)C)N(CCOCCOCCN([C@@H](CC(=O)OC(C)(C)C)C(=O)OC(C)(C)C)S(=O)(=O)N(Cc1cccc(OC(=O)c2ccc(NC(=NC(=O)OC(C)(C)C)NC(=O)OC(C)(C)C)cc2)c1)C(=O)OCc1ccccc1)S(=O)(=O)N(Cc1cccc(OC(=O)c2ccc(NC(=NC(=O)OC(C)(C)C)NC(=O)OC(C)(C)C)cc2)c1)C(=O)OCc1ccccc1. The van der Waals surface area contributed by atoms with Gasteiger partial charge in [0, 0.05) is 24.5 Å². The molecule has 0 unspecified atom stereocenters. The van der Waals surface area contributed by atoms with Gasteiger partial charge in [-0.2, -0.15) is 34.1 Å². The average molecular weight is 1970 g/mol. The van der Waals surface area contributed by atoms with Crippen molar-refractivity contribution in [1.29, 1.82) is 0 Å². The van der Waals surface area contributed by atoms with Crippen LogP contribution in [0, 0.1) is 0 Å². The number of benzene rings is 6. The van der Waals surface area contributed by atoms with Crippen LogP contribution in [0.15, 0.2) is 168 Å². The summed E-state index contributed by atoms with van der Waals surface area (Å²) in [6, 6.07) is 33.6. The van der Waals surface area contributed by atoms with Gasteiger partial charge in [-0.15, -0.1) is 9.98 Å². The van der Waals surface area contributed by atoms with Gasteiger partial charge in [0.2, 0.25) is 11.9 Å². The number of hydrogen-bond acceptors (Lipinski definition) is 30. The zero-order valence-corrected chi connectivity index (χ0v) is 84.0. The minimum absolute atomic E-state index is 0.0175. The van der Waals surface area contributed by atoms with Crippen LogP contribution in [0.2, 0.25) is 0 Å². The third-order valence-corrected chi connectivity index (χ3v) is 20.7. The molecule has 0 radical (unpaired) electrons. The van der Waals surface area contributed by atoms with E-state index in [1.165, 1.54) is 180 Å². The lowest BCUT2D eigenvalue weighted by atomic mass is 10.1. The normalized spacial score (nSPS) is 12.9. The molecule has 6 amide bonds. The number of nitrogens with one attached hydrogen (secondary N) is 4. The number of carbonyl (C=O) groups excluding carboxylic acids is 12. The average Bonchev–Trinajstić information content (AvgIpc) is 0.793. The molecular formula is C96H128N10O30S2. The fourth-order valence-electron chi connectivity index (χ4n) is 11.7. The second-order valence-electron chi connectivity index (χ2n) is 38.8. The number of ether oxygens (including phenoxy) is 14. The van der Waals surface area contributed by atoms with Crippen LogP contribution in [-0.2, 0) is 123 Å². The van der Waals surface area contributed by atoms with Crippen LogP contribution in [0.5, 0.6) is 11.5 Å². The number of esters is 6. The van der Waals surface area contributed by atoms with E-state index in [0.29, 0.717) is 19.7 Å². The zero-order valence-electron chi connectivity index (χ0n) is 82.4. The Morgan fingerprint density at radius 2 is 0.638 bits per heavy atom. The Hall–Kier alpha value is -13.2. The van der Waals surface area contributed by atoms with E-state index in [9.17, 15) is 57.5 Å². The number of anilines is 2. The molecule has 0 bridgehead atoms. The highest BCUT2D eigenvalue weighted by Crippen LogP contribution is 2.31. The summed E-state index contributed by atoms with van der Waals surface area (Å²) < 4.78 is 145. The molecule has 0 aliphatic carbocycles. The molecule has 0 saturated carbocycles. The van der Waals surface area contributed by atoms with Crippen molar-refractivity contribution in [2.75, 3.05) is 50.2 Å². The first kappa shape index (κ1) is 114. The Labute approximate surface area is 805 Å². The first-order valence-corrected chi connectivity index (χ1v) is 46.6. The van der Waals surface area contributed by atoms with Gasteiger partial charge in [0.15, 0.2) is 0 Å². The Bertz CT molecular complexity index is 5170. The highest BCUT2D eigenvalue weighted by Gasteiger charge is 2.47. The predicted octanol–water partition coefficient (Wildman–Crippen LogP) is 15.6. The number of aliphatic imine (C=N–C) groups is 2. The van der Waals surface area contributed by atoms with Crippen molar-refractivity contribution in [2.45, 2.75) is 262 Å². The van der Waals surface area contributed by atoms with Gasteiger partial charge in [-0.1, -0.05) is 84.9 Å². The molecule has 0 spiro atoms. The summed E-state index contributed by atoms with van der Waals surface area (Å²) in [7, 11) is -11.1. The van der Waals surface area contributed by atoms with Gasteiger partial charge in [-0.3, -0.25) is 29.8 Å². The fraction of sp³-hybridized carbons (Fsp3) is 0.479. The molecule has 6 aromatic carbocycles. The molecule has 42 heteroatoms. The van der Waals surface area contributed by atoms with Gasteiger partial charge in [0.05, 0.1) is 63.5 Å². The van der Waals surface area contributed by atoms with Crippen LogP contribution in [0.4, 0.5) is 40.1 Å². The topological polar surface area (TPSA) is 488 Å². The molecule has 754 valence electrons. The van der Waals surface area contributed by atoms with Gasteiger partial charge in [-0.05, 0) is 261 Å². The molecular weight excluding hydrogens is 1840 g/mol. The van der Waals surface area contributed by atoms with E-state index in [4.69, 9.17) is 66.3 Å². The smallest absolute Gasteiger partial charge is 0.437 e. The van der Waals surface area contributed by atoms with Crippen LogP contribution in [-0.4, -0.2) is 215 Å². The number of guanidine groups is 2. The summed E-state index contributed by atoms with van der Waals surface area (Å²) in [5.41, 5.74) is -7.81. The van der Waals surface area contributed by atoms with E-state index >= 15 is 16.8 Å². The molecule has 138 heavy (non-hydrogen) atoms. The standard InChI is InChI=1S/C96H128N10O30S2/c1-89(2,3)129-75(107)57-73(79(111)131-91(7,8)9)103(137(119,120)105(87(117)125-61-63-33-27-25-28-34-63)59-65-37-31-39-71(55-65)127-77(109)67-41-45-69(46-42-67)97-81(99-83(113)133-93(13,14)15)100-84(114)134-94(16,17)18)49-51-123-53-54-124-52-50-104(74(80(112)132-92(10,11)12)58-76(108)130-90(4,5)6)138(121,122)106(88(118)126-62-64-35-29-26-30-36-64)60-66-38-32-40-72(56-66)128-78(110)68-43-47-70(48-44-68)98-82(101-85(115)135-95(19,20)21)102-86(116)136-96(22,23)24/h25-48,55-56,73-74H,49-54,57-62H2,1-24H3,(H2,97,99,100,113,114)(H2,98,101,102,115,116)/t73-,74-/m0/s1. The van der Waals surface area contributed by atoms with E-state index < -0.39 is 240 Å². The van der Waals surface area contributed by atoms with E-state index in [1.807, 2.05) is 0 Å². The van der Waals surface area contributed by atoms with Gasteiger partial charge in [-0.25, -0.2) is 38.4 Å². The van der Waals surface area contributed by atoms with Crippen LogP contribution in [0.3, 0.4) is 0 Å². The Balaban J connectivity index is 1.34. The predicted molar refractivity (Wildman–Crippen MR) is 506 cm³/mol. The molecule has 4 N–H and O–H groups in total. The molecule has 0 fully saturated rings. The summed E-state index contributed by atoms with van der Waals surface area (Å²) in [5, 5.41) is 10.3. The third-order valence-electron chi connectivity index (χ3n) is 16.9. The maximum atomic E-state index is 16.0. The first-order valence-electron chi connectivity index (χ1n) is 43.8. The number of hydrogen-bond donors (Lipinski definition) is 4. The summed E-state index contributed by atoms with van der Waals surface area (Å²) in [6.45, 7) is 30.5. The van der Waals surface area contributed by atoms with Gasteiger partial charge >= 0.3 is 92.8 Å². The Kier molecular flexibility index (Phi) is 40.5. The first-order chi connectivity index (χ1) is 63.8. The molecule has 0 heterocycles. The minimum atomic E-state index is -5.55. The van der Waals surface area contributed by atoms with Gasteiger partial charge < -0.3 is 76.9 Å². The van der Waals surface area contributed by atoms with Crippen molar-refractivity contribution in [1.82, 2.24) is 27.9 Å². The van der Waals surface area contributed by atoms with Crippen LogP contribution < -0.4 is 30.7 Å². The molecule has 40 nitrogen and oxygen atoms in total. The maximum Gasteiger partial charge on any atom is 0.437 e. The lowest BCUT2D eigenvalue weighted by Gasteiger charge is -2.35. The van der Waals surface area contributed by atoms with Crippen LogP contribution >= 0.6 is 0 Å². The highest BCUT2D eigenvalue weighted by molar-refractivity contribution is 7.87. The fourth-order valence-corrected chi connectivity index (χ4v) is 14.9. The van der Waals surface area contributed by atoms with Gasteiger partial charge in [0.25, 0.3) is 0 Å². The van der Waals surface area contributed by atoms with Crippen molar-refractivity contribution < 1.29 is 141 Å². The van der Waals surface area contributed by atoms with Crippen molar-refractivity contribution in [3.63, 3.8) is 0 Å². The molecule has 6 rings (SSSR count). The monoisotopic (exact) mass is 1960 g/mol. The summed E-state index contributed by atoms with van der Waals surface area (Å²) in [6.07, 6.45) is -9.12. The zero-order chi connectivity index (χ0) is 103. The van der Waals surface area contributed by atoms with Crippen molar-refractivity contribution in [3.8, 4) is 11.5 Å².